The van der Waals surface area contributed by atoms with Crippen molar-refractivity contribution in [1.29, 1.82) is 0 Å². The van der Waals surface area contributed by atoms with Crippen molar-refractivity contribution >= 4 is 0 Å². The summed E-state index contributed by atoms with van der Waals surface area (Å²) in [4.78, 5) is 0. The van der Waals surface area contributed by atoms with Crippen LogP contribution in [0.1, 0.15) is 48.1 Å². The predicted molar refractivity (Wildman–Crippen MR) is 116 cm³/mol. The van der Waals surface area contributed by atoms with E-state index in [0.717, 1.165) is 24.6 Å². The summed E-state index contributed by atoms with van der Waals surface area (Å²) in [6.45, 7) is 3.89. The Labute approximate surface area is 189 Å². The van der Waals surface area contributed by atoms with Gasteiger partial charge in [0.1, 0.15) is 23.3 Å². The standard InChI is InChI=1S/C27H19F5O/c1-3-5-18-13-22(28)21(23(29)14-18)10-7-19-15-24(30)20(25(31)16-19)9-6-17-8-11-27(33-4-2)26(32)12-17/h8,11-16H,3-5H2,1-2H3. The van der Waals surface area contributed by atoms with Crippen molar-refractivity contribution in [2.75, 3.05) is 6.61 Å². The van der Waals surface area contributed by atoms with E-state index in [4.69, 9.17) is 4.74 Å². The molecule has 0 unspecified atom stereocenters. The number of hydrogen-bond donors (Lipinski definition) is 0. The minimum atomic E-state index is -1.00. The van der Waals surface area contributed by atoms with Crippen LogP contribution in [0.3, 0.4) is 0 Å². The van der Waals surface area contributed by atoms with Crippen molar-refractivity contribution in [3.8, 4) is 29.4 Å². The average Bonchev–Trinajstić information content (AvgIpc) is 2.75. The summed E-state index contributed by atoms with van der Waals surface area (Å²) >= 11 is 0. The lowest BCUT2D eigenvalue weighted by molar-refractivity contribution is 0.321. The number of ether oxygens (including phenoxy) is 1. The number of hydrogen-bond acceptors (Lipinski definition) is 1. The summed E-state index contributed by atoms with van der Waals surface area (Å²) in [5, 5.41) is 0. The van der Waals surface area contributed by atoms with E-state index in [9.17, 15) is 22.0 Å². The molecular weight excluding hydrogens is 435 g/mol. The van der Waals surface area contributed by atoms with Gasteiger partial charge in [0.15, 0.2) is 11.6 Å². The molecule has 3 aromatic rings. The first-order valence-electron chi connectivity index (χ1n) is 10.3. The molecule has 0 heterocycles. The predicted octanol–water partition coefficient (Wildman–Crippen LogP) is 6.53. The van der Waals surface area contributed by atoms with E-state index >= 15 is 0 Å². The highest BCUT2D eigenvalue weighted by atomic mass is 19.1. The first-order valence-corrected chi connectivity index (χ1v) is 10.3. The molecule has 0 spiro atoms. The zero-order valence-corrected chi connectivity index (χ0v) is 18.0. The van der Waals surface area contributed by atoms with Gasteiger partial charge in [-0.2, -0.15) is 0 Å². The van der Waals surface area contributed by atoms with Crippen LogP contribution >= 0.6 is 0 Å². The monoisotopic (exact) mass is 454 g/mol. The molecule has 168 valence electrons. The molecule has 6 heteroatoms. The van der Waals surface area contributed by atoms with E-state index in [1.54, 1.807) is 6.92 Å². The Kier molecular flexibility index (Phi) is 7.74. The van der Waals surface area contributed by atoms with Gasteiger partial charge in [0.25, 0.3) is 0 Å². The highest BCUT2D eigenvalue weighted by Crippen LogP contribution is 2.19. The van der Waals surface area contributed by atoms with Crippen LogP contribution in [0.4, 0.5) is 22.0 Å². The molecule has 33 heavy (non-hydrogen) atoms. The Balaban J connectivity index is 1.88. The Morgan fingerprint density at radius 1 is 0.636 bits per heavy atom. The largest absolute Gasteiger partial charge is 0.491 e. The minimum Gasteiger partial charge on any atom is -0.491 e. The molecule has 0 aromatic heterocycles. The van der Waals surface area contributed by atoms with Gasteiger partial charge in [0.2, 0.25) is 0 Å². The molecule has 0 N–H and O–H groups in total. The second-order valence-corrected chi connectivity index (χ2v) is 7.08. The van der Waals surface area contributed by atoms with E-state index in [1.807, 2.05) is 6.92 Å². The fourth-order valence-corrected chi connectivity index (χ4v) is 3.06. The molecule has 0 amide bonds. The van der Waals surface area contributed by atoms with Crippen LogP contribution in [-0.2, 0) is 6.42 Å². The fourth-order valence-electron chi connectivity index (χ4n) is 3.06. The lowest BCUT2D eigenvalue weighted by Crippen LogP contribution is -1.96. The quantitative estimate of drug-likeness (QED) is 0.322. The maximum Gasteiger partial charge on any atom is 0.166 e. The van der Waals surface area contributed by atoms with Gasteiger partial charge in [0.05, 0.1) is 17.7 Å². The van der Waals surface area contributed by atoms with Gasteiger partial charge in [-0.05, 0) is 61.4 Å². The number of rotatable bonds is 4. The van der Waals surface area contributed by atoms with Crippen LogP contribution in [0.15, 0.2) is 42.5 Å². The highest BCUT2D eigenvalue weighted by Gasteiger charge is 2.11. The molecule has 0 aliphatic heterocycles. The van der Waals surface area contributed by atoms with Crippen LogP contribution in [0.5, 0.6) is 5.75 Å². The highest BCUT2D eigenvalue weighted by molar-refractivity contribution is 5.50. The molecule has 0 aliphatic carbocycles. The summed E-state index contributed by atoms with van der Waals surface area (Å²) in [7, 11) is 0. The van der Waals surface area contributed by atoms with Crippen molar-refractivity contribution in [1.82, 2.24) is 0 Å². The van der Waals surface area contributed by atoms with E-state index in [0.29, 0.717) is 12.0 Å². The van der Waals surface area contributed by atoms with E-state index in [1.165, 1.54) is 24.3 Å². The Morgan fingerprint density at radius 3 is 1.67 bits per heavy atom. The summed E-state index contributed by atoms with van der Waals surface area (Å²) < 4.78 is 76.2. The van der Waals surface area contributed by atoms with Gasteiger partial charge in [-0.15, -0.1) is 0 Å². The summed E-state index contributed by atoms with van der Waals surface area (Å²) in [6, 6.07) is 8.16. The third-order valence-corrected chi connectivity index (χ3v) is 4.58. The molecule has 0 atom stereocenters. The van der Waals surface area contributed by atoms with Crippen LogP contribution in [0, 0.1) is 52.8 Å². The maximum absolute atomic E-state index is 14.4. The van der Waals surface area contributed by atoms with E-state index in [-0.39, 0.29) is 23.5 Å². The molecule has 0 fully saturated rings. The molecule has 0 saturated heterocycles. The Morgan fingerprint density at radius 2 is 1.15 bits per heavy atom. The van der Waals surface area contributed by atoms with Gasteiger partial charge in [0, 0.05) is 11.1 Å². The minimum absolute atomic E-state index is 0.0521. The summed E-state index contributed by atoms with van der Waals surface area (Å²) in [5.41, 5.74) is -0.408. The third-order valence-electron chi connectivity index (χ3n) is 4.58. The van der Waals surface area contributed by atoms with Crippen molar-refractivity contribution in [2.24, 2.45) is 0 Å². The van der Waals surface area contributed by atoms with Crippen LogP contribution in [0.2, 0.25) is 0 Å². The average molecular weight is 454 g/mol. The molecule has 3 aromatic carbocycles. The molecule has 1 nitrogen and oxygen atoms in total. The first-order chi connectivity index (χ1) is 15.8. The van der Waals surface area contributed by atoms with E-state index < -0.39 is 40.2 Å². The fraction of sp³-hybridized carbons (Fsp3) is 0.185. The molecular formula is C27H19F5O. The van der Waals surface area contributed by atoms with Gasteiger partial charge < -0.3 is 4.74 Å². The van der Waals surface area contributed by atoms with Crippen molar-refractivity contribution in [3.05, 3.63) is 99.4 Å². The third kappa shape index (κ3) is 5.93. The second kappa shape index (κ2) is 10.7. The second-order valence-electron chi connectivity index (χ2n) is 7.08. The Bertz CT molecular complexity index is 1260. The van der Waals surface area contributed by atoms with Crippen molar-refractivity contribution in [2.45, 2.75) is 26.7 Å². The maximum atomic E-state index is 14.4. The van der Waals surface area contributed by atoms with Gasteiger partial charge in [-0.3, -0.25) is 0 Å². The Hall–Kier alpha value is -3.77. The van der Waals surface area contributed by atoms with Crippen LogP contribution in [0.25, 0.3) is 0 Å². The van der Waals surface area contributed by atoms with Gasteiger partial charge in [-0.25, -0.2) is 22.0 Å². The van der Waals surface area contributed by atoms with Crippen LogP contribution < -0.4 is 4.74 Å². The number of aryl methyl sites for hydroxylation is 1. The summed E-state index contributed by atoms with van der Waals surface area (Å²) in [5.74, 6) is 5.25. The lowest BCUT2D eigenvalue weighted by atomic mass is 10.1. The smallest absolute Gasteiger partial charge is 0.166 e. The summed E-state index contributed by atoms with van der Waals surface area (Å²) in [6.07, 6.45) is 1.25. The number of halogens is 5. The van der Waals surface area contributed by atoms with Crippen LogP contribution in [-0.4, -0.2) is 6.61 Å². The molecule has 0 bridgehead atoms. The van der Waals surface area contributed by atoms with Gasteiger partial charge in [-0.1, -0.05) is 37.0 Å². The zero-order valence-electron chi connectivity index (χ0n) is 18.0. The molecule has 0 aliphatic rings. The molecule has 0 radical (unpaired) electrons. The zero-order chi connectivity index (χ0) is 24.0. The van der Waals surface area contributed by atoms with Crippen molar-refractivity contribution in [3.63, 3.8) is 0 Å². The normalized spacial score (nSPS) is 10.2. The molecule has 0 saturated carbocycles. The number of benzene rings is 3. The van der Waals surface area contributed by atoms with E-state index in [2.05, 4.69) is 23.7 Å². The SMILES string of the molecule is CCCc1cc(F)c(C#Cc2cc(F)c(C#Cc3ccc(OCC)c(F)c3)c(F)c2)c(F)c1. The topological polar surface area (TPSA) is 9.23 Å². The van der Waals surface area contributed by atoms with Gasteiger partial charge >= 0.3 is 0 Å². The van der Waals surface area contributed by atoms with Crippen molar-refractivity contribution < 1.29 is 26.7 Å². The molecule has 3 rings (SSSR count). The first kappa shape index (κ1) is 23.9. The lowest BCUT2D eigenvalue weighted by Gasteiger charge is -2.04.